The zero-order chi connectivity index (χ0) is 16.4. The van der Waals surface area contributed by atoms with Gasteiger partial charge in [0.25, 0.3) is 0 Å². The highest BCUT2D eigenvalue weighted by molar-refractivity contribution is 5.77. The van der Waals surface area contributed by atoms with Crippen LogP contribution in [0.5, 0.6) is 0 Å². The van der Waals surface area contributed by atoms with Crippen molar-refractivity contribution in [2.24, 2.45) is 5.92 Å². The van der Waals surface area contributed by atoms with Crippen LogP contribution in [-0.4, -0.2) is 42.1 Å². The number of carbonyl (C=O) groups is 1. The predicted molar refractivity (Wildman–Crippen MR) is 93.5 cm³/mol. The Bertz CT molecular complexity index is 544. The summed E-state index contributed by atoms with van der Waals surface area (Å²) in [6.45, 7) is 2.03. The van der Waals surface area contributed by atoms with E-state index in [1.165, 1.54) is 31.2 Å². The molecule has 4 heteroatoms. The van der Waals surface area contributed by atoms with Gasteiger partial charge in [-0.05, 0) is 50.0 Å². The number of piperidine rings is 1. The monoisotopic (exact) mass is 328 g/mol. The summed E-state index contributed by atoms with van der Waals surface area (Å²) in [4.78, 5) is 14.7. The molecule has 1 aliphatic carbocycles. The Kier molecular flexibility index (Phi) is 4.86. The van der Waals surface area contributed by atoms with Crippen molar-refractivity contribution in [3.63, 3.8) is 0 Å². The Morgan fingerprint density at radius 2 is 1.79 bits per heavy atom. The third kappa shape index (κ3) is 3.98. The fraction of sp³-hybridized carbons (Fsp3) is 0.650. The molecule has 0 radical (unpaired) electrons. The van der Waals surface area contributed by atoms with Crippen LogP contribution in [0.25, 0.3) is 0 Å². The smallest absolute Gasteiger partial charge is 0.246 e. The Morgan fingerprint density at radius 3 is 2.46 bits per heavy atom. The first kappa shape index (κ1) is 16.1. The average Bonchev–Trinajstić information content (AvgIpc) is 3.36. The van der Waals surface area contributed by atoms with Crippen molar-refractivity contribution in [1.29, 1.82) is 0 Å². The minimum Gasteiger partial charge on any atom is -0.371 e. The van der Waals surface area contributed by atoms with E-state index >= 15 is 0 Å². The van der Waals surface area contributed by atoms with Crippen molar-refractivity contribution in [2.45, 2.75) is 63.2 Å². The molecule has 3 aliphatic rings. The second-order valence-corrected chi connectivity index (χ2v) is 7.74. The van der Waals surface area contributed by atoms with Gasteiger partial charge in [-0.25, -0.2) is 0 Å². The first-order valence-electron chi connectivity index (χ1n) is 9.44. The Labute approximate surface area is 144 Å². The third-order valence-electron chi connectivity index (χ3n) is 5.74. The number of nitrogens with one attached hydrogen (secondary N) is 1. The molecule has 1 N–H and O–H groups in total. The molecule has 24 heavy (non-hydrogen) atoms. The summed E-state index contributed by atoms with van der Waals surface area (Å²) < 4.78 is 5.51. The highest BCUT2D eigenvalue weighted by atomic mass is 16.5. The molecule has 2 aliphatic heterocycles. The second-order valence-electron chi connectivity index (χ2n) is 7.74. The van der Waals surface area contributed by atoms with Crippen LogP contribution in [0.2, 0.25) is 0 Å². The van der Waals surface area contributed by atoms with Gasteiger partial charge in [0.2, 0.25) is 5.91 Å². The van der Waals surface area contributed by atoms with Gasteiger partial charge in [0, 0.05) is 24.7 Å². The standard InChI is InChI=1S/C20H28N2O2/c23-20(14-24-13-16-6-7-16)21-17-10-18-8-9-19(11-17)22(18)12-15-4-2-1-3-5-15/h1-5,16-19H,6-14H2,(H,21,23). The van der Waals surface area contributed by atoms with E-state index in [-0.39, 0.29) is 12.5 Å². The third-order valence-corrected chi connectivity index (χ3v) is 5.74. The average molecular weight is 328 g/mol. The van der Waals surface area contributed by atoms with Gasteiger partial charge >= 0.3 is 0 Å². The van der Waals surface area contributed by atoms with Gasteiger partial charge in [-0.15, -0.1) is 0 Å². The van der Waals surface area contributed by atoms with Gasteiger partial charge in [-0.2, -0.15) is 0 Å². The van der Waals surface area contributed by atoms with Gasteiger partial charge in [-0.3, -0.25) is 9.69 Å². The summed E-state index contributed by atoms with van der Waals surface area (Å²) in [5.41, 5.74) is 1.39. The number of nitrogens with zero attached hydrogens (tertiary/aromatic N) is 1. The van der Waals surface area contributed by atoms with Crippen molar-refractivity contribution in [2.75, 3.05) is 13.2 Å². The molecule has 4 nitrogen and oxygen atoms in total. The molecule has 4 rings (SSSR count). The molecule has 0 spiro atoms. The van der Waals surface area contributed by atoms with E-state index in [1.54, 1.807) is 0 Å². The van der Waals surface area contributed by atoms with E-state index in [4.69, 9.17) is 4.74 Å². The summed E-state index contributed by atoms with van der Waals surface area (Å²) in [7, 11) is 0. The molecule has 3 fully saturated rings. The number of amides is 1. The lowest BCUT2D eigenvalue weighted by Gasteiger charge is -2.39. The highest BCUT2D eigenvalue weighted by Gasteiger charge is 2.40. The zero-order valence-electron chi connectivity index (χ0n) is 14.3. The molecular formula is C20H28N2O2. The van der Waals surface area contributed by atoms with E-state index in [0.717, 1.165) is 31.9 Å². The largest absolute Gasteiger partial charge is 0.371 e. The number of benzene rings is 1. The Balaban J connectivity index is 1.25. The van der Waals surface area contributed by atoms with Crippen LogP contribution in [0, 0.1) is 5.92 Å². The molecule has 1 saturated carbocycles. The molecule has 2 bridgehead atoms. The first-order valence-corrected chi connectivity index (χ1v) is 9.44. The van der Waals surface area contributed by atoms with Gasteiger partial charge in [0.1, 0.15) is 6.61 Å². The maximum atomic E-state index is 12.1. The minimum absolute atomic E-state index is 0.0663. The van der Waals surface area contributed by atoms with Gasteiger partial charge in [-0.1, -0.05) is 30.3 Å². The molecule has 1 aromatic rings. The molecular weight excluding hydrogens is 300 g/mol. The SMILES string of the molecule is O=C(COCC1CC1)NC1CC2CCC(C1)N2Cc1ccccc1. The lowest BCUT2D eigenvalue weighted by Crippen LogP contribution is -2.50. The van der Waals surface area contributed by atoms with Crippen molar-refractivity contribution >= 4 is 5.91 Å². The van der Waals surface area contributed by atoms with Crippen LogP contribution in [0.1, 0.15) is 44.1 Å². The topological polar surface area (TPSA) is 41.6 Å². The van der Waals surface area contributed by atoms with E-state index in [2.05, 4.69) is 40.5 Å². The number of hydrogen-bond donors (Lipinski definition) is 1. The van der Waals surface area contributed by atoms with Crippen LogP contribution in [0.4, 0.5) is 0 Å². The summed E-state index contributed by atoms with van der Waals surface area (Å²) in [5, 5.41) is 3.21. The van der Waals surface area contributed by atoms with Crippen molar-refractivity contribution in [1.82, 2.24) is 10.2 Å². The number of rotatable bonds is 7. The number of carbonyl (C=O) groups excluding carboxylic acids is 1. The maximum Gasteiger partial charge on any atom is 0.246 e. The quantitative estimate of drug-likeness (QED) is 0.837. The second kappa shape index (κ2) is 7.24. The maximum absolute atomic E-state index is 12.1. The lowest BCUT2D eigenvalue weighted by molar-refractivity contribution is -0.127. The van der Waals surface area contributed by atoms with Crippen LogP contribution < -0.4 is 5.32 Å². The van der Waals surface area contributed by atoms with E-state index in [0.29, 0.717) is 18.1 Å². The fourth-order valence-electron chi connectivity index (χ4n) is 4.32. The summed E-state index contributed by atoms with van der Waals surface area (Å²) in [6, 6.07) is 12.3. The summed E-state index contributed by atoms with van der Waals surface area (Å²) in [5.74, 6) is 0.784. The molecule has 1 aromatic carbocycles. The van der Waals surface area contributed by atoms with E-state index < -0.39 is 0 Å². The number of hydrogen-bond acceptors (Lipinski definition) is 3. The molecule has 130 valence electrons. The van der Waals surface area contributed by atoms with Crippen LogP contribution in [0.15, 0.2) is 30.3 Å². The number of ether oxygens (including phenoxy) is 1. The van der Waals surface area contributed by atoms with Crippen molar-refractivity contribution < 1.29 is 9.53 Å². The normalized spacial score (nSPS) is 29.6. The van der Waals surface area contributed by atoms with Gasteiger partial charge in [0.15, 0.2) is 0 Å². The van der Waals surface area contributed by atoms with Gasteiger partial charge < -0.3 is 10.1 Å². The zero-order valence-corrected chi connectivity index (χ0v) is 14.3. The molecule has 2 unspecified atom stereocenters. The van der Waals surface area contributed by atoms with Gasteiger partial charge in [0.05, 0.1) is 6.61 Å². The Hall–Kier alpha value is -1.39. The molecule has 2 heterocycles. The first-order chi connectivity index (χ1) is 11.8. The summed E-state index contributed by atoms with van der Waals surface area (Å²) in [6.07, 6.45) is 7.23. The lowest BCUT2D eigenvalue weighted by atomic mass is 9.96. The van der Waals surface area contributed by atoms with Crippen LogP contribution >= 0.6 is 0 Å². The van der Waals surface area contributed by atoms with E-state index in [1.807, 2.05) is 0 Å². The fourth-order valence-corrected chi connectivity index (χ4v) is 4.32. The molecule has 0 aromatic heterocycles. The van der Waals surface area contributed by atoms with Crippen molar-refractivity contribution in [3.8, 4) is 0 Å². The predicted octanol–water partition coefficient (Wildman–Crippen LogP) is 2.72. The molecule has 2 atom stereocenters. The molecule has 2 saturated heterocycles. The van der Waals surface area contributed by atoms with Crippen LogP contribution in [0.3, 0.4) is 0 Å². The van der Waals surface area contributed by atoms with Crippen LogP contribution in [-0.2, 0) is 16.1 Å². The molecule has 1 amide bonds. The Morgan fingerprint density at radius 1 is 1.08 bits per heavy atom. The number of fused-ring (bicyclic) bond motifs is 2. The van der Waals surface area contributed by atoms with E-state index in [9.17, 15) is 4.79 Å². The summed E-state index contributed by atoms with van der Waals surface area (Å²) >= 11 is 0. The van der Waals surface area contributed by atoms with Crippen molar-refractivity contribution in [3.05, 3.63) is 35.9 Å². The highest BCUT2D eigenvalue weighted by Crippen LogP contribution is 2.36. The minimum atomic E-state index is 0.0663.